The fourth-order valence-corrected chi connectivity index (χ4v) is 4.19. The highest BCUT2D eigenvalue weighted by molar-refractivity contribution is 8.00. The van der Waals surface area contributed by atoms with E-state index in [-0.39, 0.29) is 4.90 Å². The van der Waals surface area contributed by atoms with Crippen LogP contribution in [-0.2, 0) is 16.4 Å². The van der Waals surface area contributed by atoms with Gasteiger partial charge < -0.3 is 10.6 Å². The SMILES string of the molecule is CCNC(=NCC1CCCS1)NCCc1ccc(S(N)(=O)=O)cc1. The highest BCUT2D eigenvalue weighted by atomic mass is 32.2. The third-order valence-electron chi connectivity index (χ3n) is 3.78. The Balaban J connectivity index is 1.82. The van der Waals surface area contributed by atoms with Gasteiger partial charge in [-0.05, 0) is 49.6 Å². The molecule has 1 atom stereocenters. The normalized spacial score (nSPS) is 18.6. The summed E-state index contributed by atoms with van der Waals surface area (Å²) in [6, 6.07) is 6.67. The lowest BCUT2D eigenvalue weighted by Crippen LogP contribution is -2.38. The zero-order valence-electron chi connectivity index (χ0n) is 14.0. The minimum atomic E-state index is -3.62. The van der Waals surface area contributed by atoms with Gasteiger partial charge in [0.05, 0.1) is 11.4 Å². The number of guanidine groups is 1. The van der Waals surface area contributed by atoms with Crippen LogP contribution in [0.25, 0.3) is 0 Å². The minimum Gasteiger partial charge on any atom is -0.357 e. The van der Waals surface area contributed by atoms with Gasteiger partial charge in [0.2, 0.25) is 10.0 Å². The maximum atomic E-state index is 11.2. The summed E-state index contributed by atoms with van der Waals surface area (Å²) < 4.78 is 22.5. The number of thioether (sulfide) groups is 1. The summed E-state index contributed by atoms with van der Waals surface area (Å²) >= 11 is 2.00. The van der Waals surface area contributed by atoms with Gasteiger partial charge in [-0.25, -0.2) is 13.6 Å². The van der Waals surface area contributed by atoms with Gasteiger partial charge in [-0.2, -0.15) is 11.8 Å². The van der Waals surface area contributed by atoms with E-state index in [0.29, 0.717) is 5.25 Å². The molecule has 0 radical (unpaired) electrons. The lowest BCUT2D eigenvalue weighted by Gasteiger charge is -2.12. The number of sulfonamides is 1. The van der Waals surface area contributed by atoms with E-state index < -0.39 is 10.0 Å². The van der Waals surface area contributed by atoms with Crippen molar-refractivity contribution in [1.82, 2.24) is 10.6 Å². The van der Waals surface area contributed by atoms with Crippen LogP contribution in [0, 0.1) is 0 Å². The van der Waals surface area contributed by atoms with Gasteiger partial charge in [-0.1, -0.05) is 12.1 Å². The van der Waals surface area contributed by atoms with Crippen molar-refractivity contribution >= 4 is 27.7 Å². The fraction of sp³-hybridized carbons (Fsp3) is 0.562. The van der Waals surface area contributed by atoms with Gasteiger partial charge in [-0.3, -0.25) is 4.99 Å². The fourth-order valence-electron chi connectivity index (χ4n) is 2.49. The quantitative estimate of drug-likeness (QED) is 0.497. The third kappa shape index (κ3) is 6.33. The zero-order valence-corrected chi connectivity index (χ0v) is 15.6. The van der Waals surface area contributed by atoms with E-state index >= 15 is 0 Å². The Kier molecular flexibility index (Phi) is 7.39. The van der Waals surface area contributed by atoms with Crippen LogP contribution in [0.4, 0.5) is 0 Å². The maximum Gasteiger partial charge on any atom is 0.238 e. The van der Waals surface area contributed by atoms with Crippen molar-refractivity contribution in [3.05, 3.63) is 29.8 Å². The van der Waals surface area contributed by atoms with Gasteiger partial charge in [0.15, 0.2) is 5.96 Å². The van der Waals surface area contributed by atoms with Crippen molar-refractivity contribution in [3.8, 4) is 0 Å². The number of nitrogens with one attached hydrogen (secondary N) is 2. The summed E-state index contributed by atoms with van der Waals surface area (Å²) in [5, 5.41) is 12.3. The van der Waals surface area contributed by atoms with Crippen LogP contribution in [0.2, 0.25) is 0 Å². The molecular formula is C16H26N4O2S2. The van der Waals surface area contributed by atoms with E-state index in [0.717, 1.165) is 37.6 Å². The Morgan fingerprint density at radius 2 is 2.08 bits per heavy atom. The van der Waals surface area contributed by atoms with Gasteiger partial charge >= 0.3 is 0 Å². The molecule has 6 nitrogen and oxygen atoms in total. The summed E-state index contributed by atoms with van der Waals surface area (Å²) in [5.74, 6) is 2.09. The van der Waals surface area contributed by atoms with E-state index in [2.05, 4.69) is 15.6 Å². The molecule has 134 valence electrons. The van der Waals surface area contributed by atoms with Crippen LogP contribution in [-0.4, -0.2) is 45.0 Å². The van der Waals surface area contributed by atoms with Crippen LogP contribution in [0.3, 0.4) is 0 Å². The Hall–Kier alpha value is -1.25. The number of hydrogen-bond donors (Lipinski definition) is 3. The first-order valence-corrected chi connectivity index (χ1v) is 10.8. The molecule has 4 N–H and O–H groups in total. The number of hydrogen-bond acceptors (Lipinski definition) is 4. The smallest absolute Gasteiger partial charge is 0.238 e. The molecule has 8 heteroatoms. The van der Waals surface area contributed by atoms with Gasteiger partial charge in [-0.15, -0.1) is 0 Å². The number of nitrogens with two attached hydrogens (primary N) is 1. The van der Waals surface area contributed by atoms with Crippen LogP contribution in [0.5, 0.6) is 0 Å². The molecule has 0 aliphatic carbocycles. The molecule has 1 aliphatic rings. The topological polar surface area (TPSA) is 96.6 Å². The molecule has 1 unspecified atom stereocenters. The molecule has 0 amide bonds. The van der Waals surface area contributed by atoms with Crippen molar-refractivity contribution in [1.29, 1.82) is 0 Å². The lowest BCUT2D eigenvalue weighted by atomic mass is 10.1. The molecule has 1 saturated heterocycles. The van der Waals surface area contributed by atoms with Crippen LogP contribution in [0.15, 0.2) is 34.2 Å². The number of nitrogens with zero attached hydrogens (tertiary/aromatic N) is 1. The first kappa shape index (κ1) is 19.1. The third-order valence-corrected chi connectivity index (χ3v) is 6.09. The molecule has 1 aromatic carbocycles. The van der Waals surface area contributed by atoms with Gasteiger partial charge in [0, 0.05) is 18.3 Å². The number of benzene rings is 1. The van der Waals surface area contributed by atoms with Crippen molar-refractivity contribution in [2.75, 3.05) is 25.4 Å². The number of rotatable bonds is 7. The van der Waals surface area contributed by atoms with E-state index in [1.54, 1.807) is 24.3 Å². The van der Waals surface area contributed by atoms with Crippen molar-refractivity contribution in [3.63, 3.8) is 0 Å². The number of aliphatic imine (C=N–C) groups is 1. The molecule has 0 aromatic heterocycles. The average Bonchev–Trinajstić information content (AvgIpc) is 3.05. The summed E-state index contributed by atoms with van der Waals surface area (Å²) in [6.07, 6.45) is 3.33. The molecule has 0 spiro atoms. The molecule has 1 aliphatic heterocycles. The van der Waals surface area contributed by atoms with Crippen molar-refractivity contribution in [2.24, 2.45) is 10.1 Å². The monoisotopic (exact) mass is 370 g/mol. The predicted molar refractivity (Wildman–Crippen MR) is 101 cm³/mol. The van der Waals surface area contributed by atoms with Gasteiger partial charge in [0.1, 0.15) is 0 Å². The average molecular weight is 371 g/mol. The van der Waals surface area contributed by atoms with Crippen molar-refractivity contribution in [2.45, 2.75) is 36.3 Å². The number of primary sulfonamides is 1. The Labute approximate surface area is 148 Å². The zero-order chi connectivity index (χ0) is 17.4. The van der Waals surface area contributed by atoms with E-state index in [1.807, 2.05) is 18.7 Å². The largest absolute Gasteiger partial charge is 0.357 e. The minimum absolute atomic E-state index is 0.142. The Bertz CT molecular complexity index is 639. The molecule has 2 rings (SSSR count). The first-order valence-electron chi connectivity index (χ1n) is 8.24. The summed E-state index contributed by atoms with van der Waals surface area (Å²) in [7, 11) is -3.62. The molecule has 24 heavy (non-hydrogen) atoms. The van der Waals surface area contributed by atoms with Crippen LogP contribution in [0.1, 0.15) is 25.3 Å². The Morgan fingerprint density at radius 1 is 1.33 bits per heavy atom. The van der Waals surface area contributed by atoms with E-state index in [9.17, 15) is 8.42 Å². The maximum absolute atomic E-state index is 11.2. The highest BCUT2D eigenvalue weighted by Crippen LogP contribution is 2.25. The summed E-state index contributed by atoms with van der Waals surface area (Å²) in [5.41, 5.74) is 1.05. The summed E-state index contributed by atoms with van der Waals surface area (Å²) in [4.78, 5) is 4.79. The molecule has 0 saturated carbocycles. The second-order valence-electron chi connectivity index (χ2n) is 5.72. The molecular weight excluding hydrogens is 344 g/mol. The first-order chi connectivity index (χ1) is 11.5. The molecule has 1 heterocycles. The molecule has 0 bridgehead atoms. The standard InChI is InChI=1S/C16H26N4O2S2/c1-2-18-16(20-12-14-4-3-11-23-14)19-10-9-13-5-7-15(8-6-13)24(17,21)22/h5-8,14H,2-4,9-12H2,1H3,(H2,17,21,22)(H2,18,19,20). The second-order valence-corrected chi connectivity index (χ2v) is 8.69. The molecule has 1 aromatic rings. The van der Waals surface area contributed by atoms with E-state index in [1.165, 1.54) is 18.6 Å². The van der Waals surface area contributed by atoms with Crippen molar-refractivity contribution < 1.29 is 8.42 Å². The summed E-state index contributed by atoms with van der Waals surface area (Å²) in [6.45, 7) is 4.46. The Morgan fingerprint density at radius 3 is 2.67 bits per heavy atom. The second kappa shape index (κ2) is 9.29. The molecule has 1 fully saturated rings. The van der Waals surface area contributed by atoms with Crippen LogP contribution >= 0.6 is 11.8 Å². The van der Waals surface area contributed by atoms with Crippen LogP contribution < -0.4 is 15.8 Å². The lowest BCUT2D eigenvalue weighted by molar-refractivity contribution is 0.598. The highest BCUT2D eigenvalue weighted by Gasteiger charge is 2.14. The predicted octanol–water partition coefficient (Wildman–Crippen LogP) is 1.33. The van der Waals surface area contributed by atoms with E-state index in [4.69, 9.17) is 5.14 Å². The van der Waals surface area contributed by atoms with Gasteiger partial charge in [0.25, 0.3) is 0 Å².